The van der Waals surface area contributed by atoms with Crippen molar-refractivity contribution < 1.29 is 8.42 Å². The predicted octanol–water partition coefficient (Wildman–Crippen LogP) is 2.36. The Morgan fingerprint density at radius 2 is 1.84 bits per heavy atom. The summed E-state index contributed by atoms with van der Waals surface area (Å²) in [6.07, 6.45) is 5.41. The maximum atomic E-state index is 12.4. The summed E-state index contributed by atoms with van der Waals surface area (Å²) in [6.45, 7) is 0. The second-order valence-electron chi connectivity index (χ2n) is 5.26. The smallest absolute Gasteiger partial charge is 0.218 e. The van der Waals surface area contributed by atoms with E-state index in [2.05, 4.69) is 0 Å². The molecule has 1 aromatic rings. The van der Waals surface area contributed by atoms with E-state index >= 15 is 0 Å². The molecule has 1 aromatic carbocycles. The molecule has 0 radical (unpaired) electrons. The first kappa shape index (κ1) is 14.3. The third-order valence-corrected chi connectivity index (χ3v) is 5.77. The Hall–Kier alpha value is -1.07. The van der Waals surface area contributed by atoms with Gasteiger partial charge in [-0.3, -0.25) is 0 Å². The highest BCUT2D eigenvalue weighted by atomic mass is 32.2. The van der Waals surface area contributed by atoms with Crippen LogP contribution in [0.25, 0.3) is 0 Å². The van der Waals surface area contributed by atoms with E-state index in [0.717, 1.165) is 25.7 Å². The van der Waals surface area contributed by atoms with E-state index in [-0.39, 0.29) is 11.8 Å². The van der Waals surface area contributed by atoms with E-state index in [1.54, 1.807) is 23.5 Å². The zero-order valence-corrected chi connectivity index (χ0v) is 12.2. The summed E-state index contributed by atoms with van der Waals surface area (Å²) in [4.78, 5) is 0. The molecule has 0 bridgehead atoms. The molecule has 0 saturated heterocycles. The van der Waals surface area contributed by atoms with Crippen molar-refractivity contribution in [2.75, 3.05) is 12.8 Å². The molecule has 106 valence electrons. The topological polar surface area (TPSA) is 63.4 Å². The van der Waals surface area contributed by atoms with Crippen LogP contribution in [0.5, 0.6) is 0 Å². The van der Waals surface area contributed by atoms with Crippen molar-refractivity contribution in [3.8, 4) is 0 Å². The molecule has 0 amide bonds. The predicted molar refractivity (Wildman–Crippen MR) is 78.1 cm³/mol. The molecular weight excluding hydrogens is 260 g/mol. The Morgan fingerprint density at radius 1 is 1.21 bits per heavy atom. The van der Waals surface area contributed by atoms with Crippen LogP contribution in [-0.2, 0) is 15.8 Å². The molecule has 1 aliphatic rings. The number of nitrogens with two attached hydrogens (primary N) is 1. The first-order valence-corrected chi connectivity index (χ1v) is 8.41. The lowest BCUT2D eigenvalue weighted by molar-refractivity contribution is 0.285. The summed E-state index contributed by atoms with van der Waals surface area (Å²) in [5, 5.41) is 0. The van der Waals surface area contributed by atoms with Gasteiger partial charge in [0.15, 0.2) is 0 Å². The molecule has 0 aromatic heterocycles. The maximum absolute atomic E-state index is 12.4. The average Bonchev–Trinajstić information content (AvgIpc) is 2.41. The number of anilines is 1. The third kappa shape index (κ3) is 3.48. The highest BCUT2D eigenvalue weighted by Gasteiger charge is 2.27. The van der Waals surface area contributed by atoms with Gasteiger partial charge < -0.3 is 5.73 Å². The van der Waals surface area contributed by atoms with Gasteiger partial charge in [0.1, 0.15) is 0 Å². The van der Waals surface area contributed by atoms with E-state index in [1.807, 2.05) is 12.1 Å². The Kier molecular flexibility index (Phi) is 4.47. The van der Waals surface area contributed by atoms with E-state index in [1.165, 1.54) is 6.42 Å². The van der Waals surface area contributed by atoms with Gasteiger partial charge in [-0.2, -0.15) is 0 Å². The summed E-state index contributed by atoms with van der Waals surface area (Å²) in [7, 11) is -1.58. The molecule has 0 spiro atoms. The van der Waals surface area contributed by atoms with E-state index < -0.39 is 10.0 Å². The van der Waals surface area contributed by atoms with Gasteiger partial charge in [-0.05, 0) is 24.5 Å². The lowest BCUT2D eigenvalue weighted by Crippen LogP contribution is -2.39. The molecule has 0 atom stereocenters. The van der Waals surface area contributed by atoms with E-state index in [0.29, 0.717) is 11.3 Å². The number of hydrogen-bond acceptors (Lipinski definition) is 3. The van der Waals surface area contributed by atoms with Crippen molar-refractivity contribution in [3.05, 3.63) is 29.8 Å². The van der Waals surface area contributed by atoms with Crippen molar-refractivity contribution in [3.63, 3.8) is 0 Å². The van der Waals surface area contributed by atoms with Crippen LogP contribution >= 0.6 is 0 Å². The molecule has 19 heavy (non-hydrogen) atoms. The number of nitrogens with zero attached hydrogens (tertiary/aromatic N) is 1. The summed E-state index contributed by atoms with van der Waals surface area (Å²) >= 11 is 0. The largest absolute Gasteiger partial charge is 0.398 e. The van der Waals surface area contributed by atoms with Gasteiger partial charge >= 0.3 is 0 Å². The molecule has 0 aliphatic heterocycles. The summed E-state index contributed by atoms with van der Waals surface area (Å²) in [5.41, 5.74) is 7.05. The van der Waals surface area contributed by atoms with Crippen LogP contribution in [-0.4, -0.2) is 25.8 Å². The number of benzene rings is 1. The van der Waals surface area contributed by atoms with E-state index in [4.69, 9.17) is 5.73 Å². The van der Waals surface area contributed by atoms with Crippen LogP contribution in [0.1, 0.15) is 37.7 Å². The lowest BCUT2D eigenvalue weighted by atomic mass is 9.96. The van der Waals surface area contributed by atoms with Crippen LogP contribution in [0.15, 0.2) is 24.3 Å². The molecule has 1 aliphatic carbocycles. The number of rotatable bonds is 4. The second kappa shape index (κ2) is 5.92. The fraction of sp³-hybridized carbons (Fsp3) is 0.571. The normalized spacial score (nSPS) is 17.8. The fourth-order valence-electron chi connectivity index (χ4n) is 2.64. The molecule has 2 rings (SSSR count). The summed E-state index contributed by atoms with van der Waals surface area (Å²) in [6, 6.07) is 7.31. The minimum atomic E-state index is -3.28. The third-order valence-electron chi connectivity index (χ3n) is 3.92. The van der Waals surface area contributed by atoms with Crippen LogP contribution in [0.3, 0.4) is 0 Å². The minimum absolute atomic E-state index is 0.00727. The zero-order chi connectivity index (χ0) is 13.9. The Labute approximate surface area is 115 Å². The molecule has 0 heterocycles. The van der Waals surface area contributed by atoms with Crippen LogP contribution in [0.4, 0.5) is 5.69 Å². The standard InChI is InChI=1S/C14H22N2O2S/c1-16(13-8-3-2-4-9-13)19(17,18)11-12-7-5-6-10-14(12)15/h5-7,10,13H,2-4,8-9,11,15H2,1H3. The van der Waals surface area contributed by atoms with Crippen molar-refractivity contribution in [2.24, 2.45) is 0 Å². The quantitative estimate of drug-likeness (QED) is 0.862. The van der Waals surface area contributed by atoms with Crippen molar-refractivity contribution in [1.29, 1.82) is 0 Å². The minimum Gasteiger partial charge on any atom is -0.398 e. The average molecular weight is 282 g/mol. The van der Waals surface area contributed by atoms with Crippen molar-refractivity contribution >= 4 is 15.7 Å². The number of para-hydroxylation sites is 1. The molecular formula is C14H22N2O2S. The Morgan fingerprint density at radius 3 is 2.47 bits per heavy atom. The molecule has 4 nitrogen and oxygen atoms in total. The SMILES string of the molecule is CN(C1CCCCC1)S(=O)(=O)Cc1ccccc1N. The first-order valence-electron chi connectivity index (χ1n) is 6.80. The Bertz CT molecular complexity index is 522. The number of sulfonamides is 1. The molecule has 0 unspecified atom stereocenters. The summed E-state index contributed by atoms with van der Waals surface area (Å²) < 4.78 is 26.4. The van der Waals surface area contributed by atoms with E-state index in [9.17, 15) is 8.42 Å². The van der Waals surface area contributed by atoms with Crippen molar-refractivity contribution in [2.45, 2.75) is 43.9 Å². The molecule has 5 heteroatoms. The first-order chi connectivity index (χ1) is 9.00. The van der Waals surface area contributed by atoms with Crippen molar-refractivity contribution in [1.82, 2.24) is 4.31 Å². The highest BCUT2D eigenvalue weighted by Crippen LogP contribution is 2.25. The monoisotopic (exact) mass is 282 g/mol. The fourth-order valence-corrected chi connectivity index (χ4v) is 4.16. The lowest BCUT2D eigenvalue weighted by Gasteiger charge is -2.30. The zero-order valence-electron chi connectivity index (χ0n) is 11.4. The highest BCUT2D eigenvalue weighted by molar-refractivity contribution is 7.88. The van der Waals surface area contributed by atoms with Gasteiger partial charge in [-0.15, -0.1) is 0 Å². The number of hydrogen-bond donors (Lipinski definition) is 1. The van der Waals surface area contributed by atoms with Gasteiger partial charge in [-0.25, -0.2) is 12.7 Å². The summed E-state index contributed by atoms with van der Waals surface area (Å²) in [5.74, 6) is -0.00727. The Balaban J connectivity index is 2.11. The number of nitrogen functional groups attached to an aromatic ring is 1. The molecule has 1 saturated carbocycles. The molecule has 2 N–H and O–H groups in total. The van der Waals surface area contributed by atoms with Gasteiger partial charge in [-0.1, -0.05) is 37.5 Å². The molecule has 1 fully saturated rings. The van der Waals surface area contributed by atoms with Crippen LogP contribution < -0.4 is 5.73 Å². The second-order valence-corrected chi connectivity index (χ2v) is 7.29. The van der Waals surface area contributed by atoms with Gasteiger partial charge in [0.25, 0.3) is 0 Å². The van der Waals surface area contributed by atoms with Gasteiger partial charge in [0.2, 0.25) is 10.0 Å². The van der Waals surface area contributed by atoms with Gasteiger partial charge in [0, 0.05) is 18.8 Å². The maximum Gasteiger partial charge on any atom is 0.218 e. The van der Waals surface area contributed by atoms with Gasteiger partial charge in [0.05, 0.1) is 5.75 Å². The van der Waals surface area contributed by atoms with Crippen LogP contribution in [0.2, 0.25) is 0 Å². The van der Waals surface area contributed by atoms with Crippen LogP contribution in [0, 0.1) is 0 Å².